The van der Waals surface area contributed by atoms with Gasteiger partial charge in [0, 0.05) is 57.1 Å². The Bertz CT molecular complexity index is 828. The lowest BCUT2D eigenvalue weighted by Gasteiger charge is -2.34. The van der Waals surface area contributed by atoms with E-state index in [4.69, 9.17) is 0 Å². The first-order chi connectivity index (χ1) is 14.6. The number of carbonyl (C=O) groups excluding carboxylic acids is 2. The topological polar surface area (TPSA) is 55.9 Å². The third-order valence-corrected chi connectivity index (χ3v) is 5.53. The molecule has 2 amide bonds. The van der Waals surface area contributed by atoms with Crippen molar-refractivity contribution in [3.63, 3.8) is 0 Å². The van der Waals surface area contributed by atoms with Crippen molar-refractivity contribution in [3.05, 3.63) is 65.7 Å². The van der Waals surface area contributed by atoms with Crippen LogP contribution in [0, 0.1) is 0 Å². The Kier molecular flexibility index (Phi) is 7.99. The van der Waals surface area contributed by atoms with Crippen LogP contribution in [0.5, 0.6) is 0 Å². The number of nitrogens with one attached hydrogen (secondary N) is 1. The first kappa shape index (κ1) is 22.0. The molecular formula is C24H32N4O2. The van der Waals surface area contributed by atoms with Crippen LogP contribution in [0.3, 0.4) is 0 Å². The Morgan fingerprint density at radius 2 is 1.57 bits per heavy atom. The maximum absolute atomic E-state index is 12.5. The van der Waals surface area contributed by atoms with E-state index in [0.29, 0.717) is 30.9 Å². The van der Waals surface area contributed by atoms with Crippen LogP contribution >= 0.6 is 0 Å². The second kappa shape index (κ2) is 10.9. The van der Waals surface area contributed by atoms with Gasteiger partial charge in [0.25, 0.3) is 5.91 Å². The highest BCUT2D eigenvalue weighted by atomic mass is 16.2. The highest BCUT2D eigenvalue weighted by molar-refractivity contribution is 5.97. The average molecular weight is 409 g/mol. The summed E-state index contributed by atoms with van der Waals surface area (Å²) in [4.78, 5) is 31.4. The molecule has 30 heavy (non-hydrogen) atoms. The lowest BCUT2D eigenvalue weighted by molar-refractivity contribution is -0.117. The maximum atomic E-state index is 12.5. The molecule has 0 spiro atoms. The van der Waals surface area contributed by atoms with Crippen molar-refractivity contribution in [1.29, 1.82) is 0 Å². The minimum absolute atomic E-state index is 0.00867. The Balaban J connectivity index is 1.47. The standard InChI is InChI=1S/C24H32N4O2/c1-3-28(4-2)24(30)21-11-8-12-22(17-21)25-23(29)19-27-15-13-26(14-16-27)18-20-9-6-5-7-10-20/h5-12,17H,3-4,13-16,18-19H2,1-2H3,(H,25,29). The van der Waals surface area contributed by atoms with Gasteiger partial charge >= 0.3 is 0 Å². The fourth-order valence-corrected chi connectivity index (χ4v) is 3.77. The molecule has 2 aromatic rings. The molecular weight excluding hydrogens is 376 g/mol. The van der Waals surface area contributed by atoms with Gasteiger partial charge in [-0.2, -0.15) is 0 Å². The van der Waals surface area contributed by atoms with Crippen LogP contribution in [0.1, 0.15) is 29.8 Å². The average Bonchev–Trinajstić information content (AvgIpc) is 2.77. The van der Waals surface area contributed by atoms with Crippen LogP contribution in [0.15, 0.2) is 54.6 Å². The lowest BCUT2D eigenvalue weighted by Crippen LogP contribution is -2.48. The summed E-state index contributed by atoms with van der Waals surface area (Å²) in [7, 11) is 0. The molecule has 1 fully saturated rings. The van der Waals surface area contributed by atoms with Crippen molar-refractivity contribution in [2.75, 3.05) is 51.1 Å². The van der Waals surface area contributed by atoms with Gasteiger partial charge in [0.15, 0.2) is 0 Å². The first-order valence-corrected chi connectivity index (χ1v) is 10.8. The molecule has 1 aliphatic rings. The summed E-state index contributed by atoms with van der Waals surface area (Å²) < 4.78 is 0. The second-order valence-electron chi connectivity index (χ2n) is 7.64. The van der Waals surface area contributed by atoms with E-state index in [1.165, 1.54) is 5.56 Å². The molecule has 0 unspecified atom stereocenters. The number of hydrogen-bond donors (Lipinski definition) is 1. The highest BCUT2D eigenvalue weighted by Crippen LogP contribution is 2.14. The Labute approximate surface area is 179 Å². The second-order valence-corrected chi connectivity index (χ2v) is 7.64. The predicted octanol–water partition coefficient (Wildman–Crippen LogP) is 2.92. The molecule has 0 atom stereocenters. The fourth-order valence-electron chi connectivity index (χ4n) is 3.77. The van der Waals surface area contributed by atoms with Gasteiger partial charge in [0.1, 0.15) is 0 Å². The van der Waals surface area contributed by atoms with Gasteiger partial charge in [-0.25, -0.2) is 0 Å². The van der Waals surface area contributed by atoms with Gasteiger partial charge in [-0.1, -0.05) is 36.4 Å². The fraction of sp³-hybridized carbons (Fsp3) is 0.417. The maximum Gasteiger partial charge on any atom is 0.253 e. The SMILES string of the molecule is CCN(CC)C(=O)c1cccc(NC(=O)CN2CCN(Cc3ccccc3)CC2)c1. The van der Waals surface area contributed by atoms with E-state index in [2.05, 4.69) is 39.4 Å². The molecule has 6 nitrogen and oxygen atoms in total. The van der Waals surface area contributed by atoms with E-state index < -0.39 is 0 Å². The molecule has 160 valence electrons. The number of hydrogen-bond acceptors (Lipinski definition) is 4. The van der Waals surface area contributed by atoms with E-state index in [9.17, 15) is 9.59 Å². The van der Waals surface area contributed by atoms with Crippen molar-refractivity contribution in [2.45, 2.75) is 20.4 Å². The molecule has 3 rings (SSSR count). The summed E-state index contributed by atoms with van der Waals surface area (Å²) in [6.45, 7) is 10.2. The Morgan fingerprint density at radius 3 is 2.23 bits per heavy atom. The van der Waals surface area contributed by atoms with Crippen molar-refractivity contribution in [1.82, 2.24) is 14.7 Å². The van der Waals surface area contributed by atoms with Crippen LogP contribution in [-0.4, -0.2) is 72.3 Å². The van der Waals surface area contributed by atoms with E-state index in [0.717, 1.165) is 32.7 Å². The number of carbonyl (C=O) groups is 2. The van der Waals surface area contributed by atoms with Crippen LogP contribution < -0.4 is 5.32 Å². The Morgan fingerprint density at radius 1 is 0.900 bits per heavy atom. The van der Waals surface area contributed by atoms with E-state index in [-0.39, 0.29) is 11.8 Å². The zero-order valence-corrected chi connectivity index (χ0v) is 18.0. The van der Waals surface area contributed by atoms with Crippen LogP contribution in [0.25, 0.3) is 0 Å². The number of piperazine rings is 1. The molecule has 0 radical (unpaired) electrons. The highest BCUT2D eigenvalue weighted by Gasteiger charge is 2.19. The molecule has 1 saturated heterocycles. The van der Waals surface area contributed by atoms with Crippen LogP contribution in [0.2, 0.25) is 0 Å². The summed E-state index contributed by atoms with van der Waals surface area (Å²) in [5.41, 5.74) is 2.59. The quantitative estimate of drug-likeness (QED) is 0.730. The van der Waals surface area contributed by atoms with E-state index in [1.807, 2.05) is 32.0 Å². The molecule has 6 heteroatoms. The molecule has 2 aromatic carbocycles. The van der Waals surface area contributed by atoms with Gasteiger partial charge in [-0.3, -0.25) is 19.4 Å². The lowest BCUT2D eigenvalue weighted by atomic mass is 10.1. The normalized spacial score (nSPS) is 15.0. The van der Waals surface area contributed by atoms with Crippen molar-refractivity contribution >= 4 is 17.5 Å². The third-order valence-electron chi connectivity index (χ3n) is 5.53. The number of rotatable bonds is 8. The zero-order valence-electron chi connectivity index (χ0n) is 18.0. The summed E-state index contributed by atoms with van der Waals surface area (Å²) in [5, 5.41) is 2.95. The molecule has 1 aliphatic heterocycles. The smallest absolute Gasteiger partial charge is 0.253 e. The summed E-state index contributed by atoms with van der Waals surface area (Å²) in [5.74, 6) is -0.0513. The number of anilines is 1. The van der Waals surface area contributed by atoms with Gasteiger partial charge in [0.2, 0.25) is 5.91 Å². The van der Waals surface area contributed by atoms with E-state index in [1.54, 1.807) is 17.0 Å². The molecule has 0 aliphatic carbocycles. The largest absolute Gasteiger partial charge is 0.339 e. The van der Waals surface area contributed by atoms with Crippen LogP contribution in [-0.2, 0) is 11.3 Å². The summed E-state index contributed by atoms with van der Waals surface area (Å²) in [6.07, 6.45) is 0. The number of benzene rings is 2. The van der Waals surface area contributed by atoms with E-state index >= 15 is 0 Å². The summed E-state index contributed by atoms with van der Waals surface area (Å²) in [6, 6.07) is 17.7. The van der Waals surface area contributed by atoms with Crippen molar-refractivity contribution in [3.8, 4) is 0 Å². The molecule has 0 aromatic heterocycles. The van der Waals surface area contributed by atoms with Crippen LogP contribution in [0.4, 0.5) is 5.69 Å². The first-order valence-electron chi connectivity index (χ1n) is 10.8. The van der Waals surface area contributed by atoms with Crippen molar-refractivity contribution < 1.29 is 9.59 Å². The molecule has 1 heterocycles. The molecule has 0 saturated carbocycles. The third kappa shape index (κ3) is 6.15. The Hall–Kier alpha value is -2.70. The van der Waals surface area contributed by atoms with Crippen molar-refractivity contribution in [2.24, 2.45) is 0 Å². The number of nitrogens with zero attached hydrogens (tertiary/aromatic N) is 3. The summed E-state index contributed by atoms with van der Waals surface area (Å²) >= 11 is 0. The predicted molar refractivity (Wildman–Crippen MR) is 120 cm³/mol. The monoisotopic (exact) mass is 408 g/mol. The van der Waals surface area contributed by atoms with Gasteiger partial charge in [-0.05, 0) is 37.6 Å². The van der Waals surface area contributed by atoms with Gasteiger partial charge < -0.3 is 10.2 Å². The van der Waals surface area contributed by atoms with Gasteiger partial charge in [0.05, 0.1) is 6.54 Å². The molecule has 1 N–H and O–H groups in total. The minimum Gasteiger partial charge on any atom is -0.339 e. The minimum atomic E-state index is -0.0426. The zero-order chi connectivity index (χ0) is 21.3. The van der Waals surface area contributed by atoms with Gasteiger partial charge in [-0.15, -0.1) is 0 Å². The molecule has 0 bridgehead atoms. The number of amides is 2.